The number of benzene rings is 1. The van der Waals surface area contributed by atoms with Crippen LogP contribution in [0.15, 0.2) is 23.1 Å². The van der Waals surface area contributed by atoms with E-state index in [1.165, 1.54) is 23.1 Å². The fourth-order valence-corrected chi connectivity index (χ4v) is 5.09. The fraction of sp³-hybridized carbons (Fsp3) is 0.471. The monoisotopic (exact) mass is 380 g/mol. The first-order valence-electron chi connectivity index (χ1n) is 8.35. The molecule has 1 aromatic rings. The molecule has 0 saturated carbocycles. The van der Waals surface area contributed by atoms with Crippen LogP contribution in [0.4, 0.5) is 0 Å². The molecule has 2 aliphatic rings. The molecule has 2 aliphatic heterocycles. The molecule has 0 radical (unpaired) electrons. The third kappa shape index (κ3) is 2.66. The number of amides is 2. The second kappa shape index (κ2) is 6.08. The van der Waals surface area contributed by atoms with E-state index in [0.717, 1.165) is 4.31 Å². The van der Waals surface area contributed by atoms with Gasteiger partial charge in [0.1, 0.15) is 4.90 Å². The summed E-state index contributed by atoms with van der Waals surface area (Å²) >= 11 is 0. The number of likely N-dealkylation sites (tertiary alicyclic amines) is 1. The Kier molecular flexibility index (Phi) is 4.30. The molecular weight excluding hydrogens is 360 g/mol. The van der Waals surface area contributed by atoms with Crippen LogP contribution in [-0.4, -0.2) is 60.1 Å². The SMILES string of the molecule is CCN1C(=O)c2ccc(C(=O)N3CCCC(C)(C(=O)O)C3)cc2S1(=O)=O. The molecular formula is C17H20N2O6S. The molecule has 140 valence electrons. The van der Waals surface area contributed by atoms with E-state index in [4.69, 9.17) is 0 Å². The summed E-state index contributed by atoms with van der Waals surface area (Å²) in [5.74, 6) is -1.99. The van der Waals surface area contributed by atoms with Crippen LogP contribution in [0.2, 0.25) is 0 Å². The zero-order chi connectivity index (χ0) is 19.3. The van der Waals surface area contributed by atoms with Crippen LogP contribution in [0.5, 0.6) is 0 Å². The molecule has 1 aromatic carbocycles. The lowest BCUT2D eigenvalue weighted by Crippen LogP contribution is -2.48. The zero-order valence-electron chi connectivity index (χ0n) is 14.6. The Morgan fingerprint density at radius 2 is 2.00 bits per heavy atom. The molecule has 0 spiro atoms. The molecule has 0 aliphatic carbocycles. The number of carbonyl (C=O) groups is 3. The number of piperidine rings is 1. The van der Waals surface area contributed by atoms with Gasteiger partial charge in [-0.2, -0.15) is 0 Å². The molecule has 0 aromatic heterocycles. The summed E-state index contributed by atoms with van der Waals surface area (Å²) in [6.45, 7) is 3.65. The Bertz CT molecular complexity index is 910. The summed E-state index contributed by atoms with van der Waals surface area (Å²) in [6, 6.07) is 3.98. The van der Waals surface area contributed by atoms with Crippen molar-refractivity contribution in [2.75, 3.05) is 19.6 Å². The molecule has 3 rings (SSSR count). The van der Waals surface area contributed by atoms with Gasteiger partial charge in [-0.3, -0.25) is 14.4 Å². The lowest BCUT2D eigenvalue weighted by molar-refractivity contribution is -0.150. The van der Waals surface area contributed by atoms with Crippen LogP contribution in [-0.2, 0) is 14.8 Å². The number of fused-ring (bicyclic) bond motifs is 1. The molecule has 2 heterocycles. The maximum atomic E-state index is 12.8. The number of hydrogen-bond acceptors (Lipinski definition) is 5. The van der Waals surface area contributed by atoms with Gasteiger partial charge in [-0.1, -0.05) is 0 Å². The molecule has 1 unspecified atom stereocenters. The van der Waals surface area contributed by atoms with Gasteiger partial charge in [-0.05, 0) is 44.9 Å². The third-order valence-corrected chi connectivity index (χ3v) is 6.94. The fourth-order valence-electron chi connectivity index (χ4n) is 3.49. The molecule has 2 amide bonds. The lowest BCUT2D eigenvalue weighted by atomic mass is 9.82. The van der Waals surface area contributed by atoms with Crippen molar-refractivity contribution in [3.63, 3.8) is 0 Å². The summed E-state index contributed by atoms with van der Waals surface area (Å²) < 4.78 is 25.7. The van der Waals surface area contributed by atoms with Crippen LogP contribution in [0.25, 0.3) is 0 Å². The first-order valence-corrected chi connectivity index (χ1v) is 9.79. The van der Waals surface area contributed by atoms with Crippen LogP contribution in [0, 0.1) is 5.41 Å². The number of carboxylic acid groups (broad SMARTS) is 1. The van der Waals surface area contributed by atoms with E-state index in [1.54, 1.807) is 13.8 Å². The molecule has 8 nitrogen and oxygen atoms in total. The van der Waals surface area contributed by atoms with Crippen molar-refractivity contribution >= 4 is 27.8 Å². The highest BCUT2D eigenvalue weighted by atomic mass is 32.2. The summed E-state index contributed by atoms with van der Waals surface area (Å²) in [5, 5.41) is 9.39. The molecule has 0 bridgehead atoms. The van der Waals surface area contributed by atoms with Crippen molar-refractivity contribution in [3.8, 4) is 0 Å². The second-order valence-corrected chi connectivity index (χ2v) is 8.71. The summed E-state index contributed by atoms with van der Waals surface area (Å²) in [5.41, 5.74) is -0.837. The molecule has 1 N–H and O–H groups in total. The number of nitrogens with zero attached hydrogens (tertiary/aromatic N) is 2. The van der Waals surface area contributed by atoms with Crippen LogP contribution >= 0.6 is 0 Å². The first kappa shape index (κ1) is 18.4. The highest BCUT2D eigenvalue weighted by Gasteiger charge is 2.42. The van der Waals surface area contributed by atoms with Crippen molar-refractivity contribution in [3.05, 3.63) is 29.3 Å². The molecule has 26 heavy (non-hydrogen) atoms. The van der Waals surface area contributed by atoms with Gasteiger partial charge in [0.05, 0.1) is 11.0 Å². The van der Waals surface area contributed by atoms with E-state index in [9.17, 15) is 27.9 Å². The Labute approximate surface area is 151 Å². The van der Waals surface area contributed by atoms with Crippen LogP contribution in [0.3, 0.4) is 0 Å². The number of sulfonamides is 1. The van der Waals surface area contributed by atoms with Gasteiger partial charge in [0.25, 0.3) is 21.8 Å². The highest BCUT2D eigenvalue weighted by Crippen LogP contribution is 2.33. The Hall–Kier alpha value is -2.42. The van der Waals surface area contributed by atoms with Crippen molar-refractivity contribution in [2.45, 2.75) is 31.6 Å². The van der Waals surface area contributed by atoms with Crippen molar-refractivity contribution in [1.82, 2.24) is 9.21 Å². The maximum absolute atomic E-state index is 12.8. The number of carbonyl (C=O) groups excluding carboxylic acids is 2. The van der Waals surface area contributed by atoms with Gasteiger partial charge in [0, 0.05) is 25.2 Å². The van der Waals surface area contributed by atoms with E-state index in [-0.39, 0.29) is 29.1 Å². The summed E-state index contributed by atoms with van der Waals surface area (Å²) in [6.07, 6.45) is 1.03. The lowest BCUT2D eigenvalue weighted by Gasteiger charge is -2.37. The minimum Gasteiger partial charge on any atom is -0.481 e. The van der Waals surface area contributed by atoms with E-state index >= 15 is 0 Å². The van der Waals surface area contributed by atoms with Gasteiger partial charge in [0.15, 0.2) is 0 Å². The first-order chi connectivity index (χ1) is 12.1. The van der Waals surface area contributed by atoms with Crippen LogP contribution < -0.4 is 0 Å². The number of aliphatic carboxylic acids is 1. The quantitative estimate of drug-likeness (QED) is 0.843. The predicted molar refractivity (Wildman–Crippen MR) is 91.2 cm³/mol. The molecule has 1 atom stereocenters. The smallest absolute Gasteiger partial charge is 0.311 e. The topological polar surface area (TPSA) is 112 Å². The van der Waals surface area contributed by atoms with Crippen molar-refractivity contribution in [1.29, 1.82) is 0 Å². The van der Waals surface area contributed by atoms with Gasteiger partial charge in [-0.25, -0.2) is 12.7 Å². The normalized spacial score (nSPS) is 24.5. The standard InChI is InChI=1S/C17H20N2O6S/c1-3-19-15(21)12-6-5-11(9-13(12)26(19,24)25)14(20)18-8-4-7-17(2,10-18)16(22)23/h5-6,9H,3-4,7-8,10H2,1-2H3,(H,22,23). The number of carboxylic acids is 1. The van der Waals surface area contributed by atoms with E-state index in [1.807, 2.05) is 0 Å². The second-order valence-electron chi connectivity index (χ2n) is 6.88. The Balaban J connectivity index is 1.94. The van der Waals surface area contributed by atoms with Gasteiger partial charge in [-0.15, -0.1) is 0 Å². The third-order valence-electron chi connectivity index (χ3n) is 5.04. The largest absolute Gasteiger partial charge is 0.481 e. The highest BCUT2D eigenvalue weighted by molar-refractivity contribution is 7.90. The Morgan fingerprint density at radius 3 is 2.62 bits per heavy atom. The van der Waals surface area contributed by atoms with Gasteiger partial charge < -0.3 is 10.0 Å². The van der Waals surface area contributed by atoms with Crippen molar-refractivity contribution < 1.29 is 27.9 Å². The summed E-state index contributed by atoms with van der Waals surface area (Å²) in [4.78, 5) is 37.7. The predicted octanol–water partition coefficient (Wildman–Crippen LogP) is 1.18. The van der Waals surface area contributed by atoms with E-state index in [2.05, 4.69) is 0 Å². The van der Waals surface area contributed by atoms with E-state index < -0.39 is 33.2 Å². The van der Waals surface area contributed by atoms with Gasteiger partial charge in [0.2, 0.25) is 0 Å². The number of hydrogen-bond donors (Lipinski definition) is 1. The minimum atomic E-state index is -3.95. The van der Waals surface area contributed by atoms with Crippen molar-refractivity contribution in [2.24, 2.45) is 5.41 Å². The molecule has 1 fully saturated rings. The van der Waals surface area contributed by atoms with Gasteiger partial charge >= 0.3 is 5.97 Å². The molecule has 1 saturated heterocycles. The zero-order valence-corrected chi connectivity index (χ0v) is 15.4. The summed E-state index contributed by atoms with van der Waals surface area (Å²) in [7, 11) is -3.95. The Morgan fingerprint density at radius 1 is 1.31 bits per heavy atom. The van der Waals surface area contributed by atoms with Crippen LogP contribution in [0.1, 0.15) is 47.4 Å². The average Bonchev–Trinajstić information content (AvgIpc) is 2.79. The minimum absolute atomic E-state index is 0.0161. The van der Waals surface area contributed by atoms with E-state index in [0.29, 0.717) is 19.4 Å². The molecule has 9 heteroatoms. The maximum Gasteiger partial charge on any atom is 0.311 e. The average molecular weight is 380 g/mol. The number of rotatable bonds is 3.